The van der Waals surface area contributed by atoms with Crippen molar-refractivity contribution < 1.29 is 17.9 Å². The summed E-state index contributed by atoms with van der Waals surface area (Å²) in [4.78, 5) is 12.0. The average Bonchev–Trinajstić information content (AvgIpc) is 2.45. The lowest BCUT2D eigenvalue weighted by Crippen LogP contribution is -2.32. The molecular formula is C13H15BrClNO4S. The minimum atomic E-state index is -3.90. The standard InChI is InChI=1S/C13H15BrClNO4S/c14-11-2-1-10(7-12(11)21(15,18)19)13(17)16-8-9-3-5-20-6-4-9/h1-2,7,9H,3-6,8H2,(H,16,17). The number of benzene rings is 1. The minimum Gasteiger partial charge on any atom is -0.381 e. The van der Waals surface area contributed by atoms with Gasteiger partial charge in [-0.3, -0.25) is 4.79 Å². The second kappa shape index (κ2) is 7.09. The fraction of sp³-hybridized carbons (Fsp3) is 0.462. The first-order valence-electron chi connectivity index (χ1n) is 6.48. The first-order valence-corrected chi connectivity index (χ1v) is 9.58. The van der Waals surface area contributed by atoms with Crippen LogP contribution in [0.3, 0.4) is 0 Å². The molecule has 2 rings (SSSR count). The van der Waals surface area contributed by atoms with E-state index in [1.807, 2.05) is 0 Å². The molecule has 1 aliphatic heterocycles. The van der Waals surface area contributed by atoms with Crippen LogP contribution in [0.25, 0.3) is 0 Å². The largest absolute Gasteiger partial charge is 0.381 e. The molecule has 0 aromatic heterocycles. The third-order valence-electron chi connectivity index (χ3n) is 3.35. The highest BCUT2D eigenvalue weighted by atomic mass is 79.9. The summed E-state index contributed by atoms with van der Waals surface area (Å²) in [5.41, 5.74) is 0.268. The summed E-state index contributed by atoms with van der Waals surface area (Å²) in [6.45, 7) is 1.99. The molecule has 8 heteroatoms. The van der Waals surface area contributed by atoms with Gasteiger partial charge < -0.3 is 10.1 Å². The van der Waals surface area contributed by atoms with Gasteiger partial charge in [0, 0.05) is 40.5 Å². The monoisotopic (exact) mass is 395 g/mol. The Morgan fingerprint density at radius 1 is 1.38 bits per heavy atom. The number of ether oxygens (including phenoxy) is 1. The lowest BCUT2D eigenvalue weighted by atomic mass is 10.0. The first kappa shape index (κ1) is 16.7. The Morgan fingerprint density at radius 3 is 2.67 bits per heavy atom. The molecule has 1 N–H and O–H groups in total. The summed E-state index contributed by atoms with van der Waals surface area (Å²) in [6, 6.07) is 4.32. The lowest BCUT2D eigenvalue weighted by molar-refractivity contribution is 0.0642. The van der Waals surface area contributed by atoms with E-state index in [4.69, 9.17) is 15.4 Å². The van der Waals surface area contributed by atoms with Crippen molar-refractivity contribution in [1.29, 1.82) is 0 Å². The van der Waals surface area contributed by atoms with Crippen LogP contribution in [0, 0.1) is 5.92 Å². The third kappa shape index (κ3) is 4.67. The summed E-state index contributed by atoms with van der Waals surface area (Å²) in [6.07, 6.45) is 1.84. The van der Waals surface area contributed by atoms with E-state index in [0.717, 1.165) is 12.8 Å². The molecule has 0 aliphatic carbocycles. The number of carbonyl (C=O) groups is 1. The summed E-state index contributed by atoms with van der Waals surface area (Å²) in [5, 5.41) is 2.82. The molecule has 0 radical (unpaired) electrons. The normalized spacial score (nSPS) is 16.7. The predicted octanol–water partition coefficient (Wildman–Crippen LogP) is 2.53. The molecule has 0 bridgehead atoms. The Hall–Kier alpha value is -0.630. The van der Waals surface area contributed by atoms with E-state index in [0.29, 0.717) is 30.1 Å². The molecule has 21 heavy (non-hydrogen) atoms. The Kier molecular flexibility index (Phi) is 5.65. The first-order chi connectivity index (χ1) is 9.88. The van der Waals surface area contributed by atoms with Crippen molar-refractivity contribution in [3.63, 3.8) is 0 Å². The number of halogens is 2. The Balaban J connectivity index is 2.05. The minimum absolute atomic E-state index is 0.108. The molecule has 1 heterocycles. The molecule has 1 amide bonds. The average molecular weight is 397 g/mol. The molecule has 1 aromatic carbocycles. The maximum Gasteiger partial charge on any atom is 0.262 e. The van der Waals surface area contributed by atoms with E-state index in [2.05, 4.69) is 21.2 Å². The molecule has 1 saturated heterocycles. The highest BCUT2D eigenvalue weighted by Crippen LogP contribution is 2.26. The van der Waals surface area contributed by atoms with Crippen molar-refractivity contribution in [3.05, 3.63) is 28.2 Å². The molecule has 0 spiro atoms. The number of hydrogen-bond acceptors (Lipinski definition) is 4. The van der Waals surface area contributed by atoms with Gasteiger partial charge in [-0.25, -0.2) is 8.42 Å². The zero-order valence-corrected chi connectivity index (χ0v) is 14.3. The van der Waals surface area contributed by atoms with E-state index in [1.165, 1.54) is 12.1 Å². The maximum atomic E-state index is 12.1. The topological polar surface area (TPSA) is 72.5 Å². The number of carbonyl (C=O) groups excluding carboxylic acids is 1. The number of hydrogen-bond donors (Lipinski definition) is 1. The van der Waals surface area contributed by atoms with Crippen LogP contribution >= 0.6 is 26.6 Å². The highest BCUT2D eigenvalue weighted by Gasteiger charge is 2.19. The zero-order valence-electron chi connectivity index (χ0n) is 11.1. The van der Waals surface area contributed by atoms with Gasteiger partial charge in [-0.2, -0.15) is 0 Å². The molecule has 116 valence electrons. The van der Waals surface area contributed by atoms with Crippen molar-refractivity contribution in [1.82, 2.24) is 5.32 Å². The van der Waals surface area contributed by atoms with Crippen LogP contribution in [0.15, 0.2) is 27.6 Å². The fourth-order valence-electron chi connectivity index (χ4n) is 2.12. The van der Waals surface area contributed by atoms with Crippen LogP contribution < -0.4 is 5.32 Å². The summed E-state index contributed by atoms with van der Waals surface area (Å²) < 4.78 is 28.4. The van der Waals surface area contributed by atoms with E-state index in [-0.39, 0.29) is 16.4 Å². The van der Waals surface area contributed by atoms with Crippen molar-refractivity contribution >= 4 is 41.6 Å². The molecule has 1 fully saturated rings. The quantitative estimate of drug-likeness (QED) is 0.794. The van der Waals surface area contributed by atoms with Crippen LogP contribution in [0.5, 0.6) is 0 Å². The Labute approximate surface area is 136 Å². The molecule has 0 saturated carbocycles. The molecule has 5 nitrogen and oxygen atoms in total. The van der Waals surface area contributed by atoms with E-state index >= 15 is 0 Å². The zero-order chi connectivity index (χ0) is 15.5. The van der Waals surface area contributed by atoms with Crippen LogP contribution in [-0.2, 0) is 13.8 Å². The van der Waals surface area contributed by atoms with Crippen LogP contribution in [0.1, 0.15) is 23.2 Å². The van der Waals surface area contributed by atoms with Crippen molar-refractivity contribution in [2.24, 2.45) is 5.92 Å². The fourth-order valence-corrected chi connectivity index (χ4v) is 4.24. The second-order valence-corrected chi connectivity index (χ2v) is 8.24. The maximum absolute atomic E-state index is 12.1. The van der Waals surface area contributed by atoms with Gasteiger partial charge in [0.2, 0.25) is 0 Å². The van der Waals surface area contributed by atoms with Gasteiger partial charge in [-0.05, 0) is 52.9 Å². The molecule has 0 unspecified atom stereocenters. The summed E-state index contributed by atoms with van der Waals surface area (Å²) in [7, 11) is 1.44. The van der Waals surface area contributed by atoms with Crippen LogP contribution in [0.2, 0.25) is 0 Å². The molecule has 1 aliphatic rings. The van der Waals surface area contributed by atoms with Gasteiger partial charge in [0.1, 0.15) is 0 Å². The van der Waals surface area contributed by atoms with Crippen LogP contribution in [-0.4, -0.2) is 34.1 Å². The van der Waals surface area contributed by atoms with E-state index in [9.17, 15) is 13.2 Å². The SMILES string of the molecule is O=C(NCC1CCOCC1)c1ccc(Br)c(S(=O)(=O)Cl)c1. The van der Waals surface area contributed by atoms with Crippen LogP contribution in [0.4, 0.5) is 0 Å². The number of rotatable bonds is 4. The molecule has 1 aromatic rings. The summed E-state index contributed by atoms with van der Waals surface area (Å²) in [5.74, 6) is 0.0879. The van der Waals surface area contributed by atoms with Gasteiger partial charge >= 0.3 is 0 Å². The van der Waals surface area contributed by atoms with Crippen molar-refractivity contribution in [2.75, 3.05) is 19.8 Å². The third-order valence-corrected chi connectivity index (χ3v) is 5.66. The predicted molar refractivity (Wildman–Crippen MR) is 83.1 cm³/mol. The van der Waals surface area contributed by atoms with Gasteiger partial charge in [0.05, 0.1) is 4.90 Å². The smallest absolute Gasteiger partial charge is 0.262 e. The molecular weight excluding hydrogens is 382 g/mol. The van der Waals surface area contributed by atoms with Crippen molar-refractivity contribution in [3.8, 4) is 0 Å². The lowest BCUT2D eigenvalue weighted by Gasteiger charge is -2.22. The number of nitrogens with one attached hydrogen (secondary N) is 1. The Morgan fingerprint density at radius 2 is 2.05 bits per heavy atom. The highest BCUT2D eigenvalue weighted by molar-refractivity contribution is 9.10. The van der Waals surface area contributed by atoms with Gasteiger partial charge in [0.25, 0.3) is 15.0 Å². The Bertz CT molecular complexity index is 629. The molecule has 0 atom stereocenters. The van der Waals surface area contributed by atoms with Gasteiger partial charge in [-0.1, -0.05) is 0 Å². The van der Waals surface area contributed by atoms with Gasteiger partial charge in [-0.15, -0.1) is 0 Å². The van der Waals surface area contributed by atoms with Gasteiger partial charge in [0.15, 0.2) is 0 Å². The summed E-state index contributed by atoms with van der Waals surface area (Å²) >= 11 is 3.11. The van der Waals surface area contributed by atoms with E-state index in [1.54, 1.807) is 6.07 Å². The van der Waals surface area contributed by atoms with E-state index < -0.39 is 9.05 Å². The van der Waals surface area contributed by atoms with Crippen molar-refractivity contribution in [2.45, 2.75) is 17.7 Å². The number of amides is 1. The second-order valence-electron chi connectivity index (χ2n) is 4.85.